The van der Waals surface area contributed by atoms with Gasteiger partial charge in [-0.25, -0.2) is 0 Å². The van der Waals surface area contributed by atoms with E-state index in [-0.39, 0.29) is 0 Å². The molecule has 12 rings (SSSR count). The molecule has 0 aliphatic carbocycles. The molecular formula is C54H32O2. The highest BCUT2D eigenvalue weighted by Gasteiger charge is 2.28. The molecule has 12 aromatic rings. The van der Waals surface area contributed by atoms with Crippen molar-refractivity contribution in [2.24, 2.45) is 0 Å². The third-order valence-corrected chi connectivity index (χ3v) is 11.6. The van der Waals surface area contributed by atoms with Gasteiger partial charge in [-0.1, -0.05) is 170 Å². The summed E-state index contributed by atoms with van der Waals surface area (Å²) >= 11 is 0. The van der Waals surface area contributed by atoms with Crippen molar-refractivity contribution in [3.8, 4) is 44.7 Å². The maximum Gasteiger partial charge on any atom is 0.147 e. The lowest BCUT2D eigenvalue weighted by molar-refractivity contribution is 0.630. The zero-order chi connectivity index (χ0) is 36.7. The van der Waals surface area contributed by atoms with Gasteiger partial charge in [0.05, 0.1) is 5.56 Å². The normalized spacial score (nSPS) is 11.9. The molecule has 260 valence electrons. The average molecular weight is 713 g/mol. The molecule has 0 aliphatic heterocycles. The van der Waals surface area contributed by atoms with Crippen molar-refractivity contribution >= 4 is 76.0 Å². The molecule has 0 saturated carbocycles. The van der Waals surface area contributed by atoms with Crippen LogP contribution in [0.2, 0.25) is 0 Å². The lowest BCUT2D eigenvalue weighted by atomic mass is 9.84. The Labute approximate surface area is 322 Å². The number of para-hydroxylation sites is 1. The summed E-state index contributed by atoms with van der Waals surface area (Å²) in [7, 11) is 0. The molecule has 56 heavy (non-hydrogen) atoms. The third-order valence-electron chi connectivity index (χ3n) is 11.6. The van der Waals surface area contributed by atoms with Crippen LogP contribution in [0.15, 0.2) is 203 Å². The fourth-order valence-electron chi connectivity index (χ4n) is 9.12. The molecule has 0 bridgehead atoms. The van der Waals surface area contributed by atoms with Gasteiger partial charge in [-0.2, -0.15) is 0 Å². The maximum absolute atomic E-state index is 7.38. The van der Waals surface area contributed by atoms with E-state index in [1.54, 1.807) is 0 Å². The second kappa shape index (κ2) is 12.0. The van der Waals surface area contributed by atoms with E-state index in [2.05, 4.69) is 188 Å². The molecule has 2 heterocycles. The van der Waals surface area contributed by atoms with E-state index in [1.165, 1.54) is 43.4 Å². The smallest absolute Gasteiger partial charge is 0.147 e. The molecule has 0 atom stereocenters. The molecule has 0 saturated heterocycles. The van der Waals surface area contributed by atoms with Crippen LogP contribution in [0.3, 0.4) is 0 Å². The molecule has 2 heteroatoms. The summed E-state index contributed by atoms with van der Waals surface area (Å²) in [6.07, 6.45) is 0. The van der Waals surface area contributed by atoms with Crippen molar-refractivity contribution in [1.29, 1.82) is 0 Å². The van der Waals surface area contributed by atoms with Gasteiger partial charge in [-0.3, -0.25) is 0 Å². The quantitative estimate of drug-likeness (QED) is 0.170. The van der Waals surface area contributed by atoms with Gasteiger partial charge in [0, 0.05) is 32.8 Å². The van der Waals surface area contributed by atoms with Gasteiger partial charge in [0.1, 0.15) is 22.5 Å². The van der Waals surface area contributed by atoms with Crippen LogP contribution >= 0.6 is 0 Å². The number of hydrogen-bond acceptors (Lipinski definition) is 2. The zero-order valence-corrected chi connectivity index (χ0v) is 30.3. The number of rotatable bonds is 4. The summed E-state index contributed by atoms with van der Waals surface area (Å²) in [5.41, 5.74) is 10.2. The summed E-state index contributed by atoms with van der Waals surface area (Å²) in [5.74, 6) is 0.844. The maximum atomic E-state index is 7.38. The molecular weight excluding hydrogens is 681 g/mol. The van der Waals surface area contributed by atoms with Crippen LogP contribution in [-0.4, -0.2) is 0 Å². The van der Waals surface area contributed by atoms with Gasteiger partial charge >= 0.3 is 0 Å². The van der Waals surface area contributed by atoms with Crippen LogP contribution in [0, 0.1) is 0 Å². The van der Waals surface area contributed by atoms with Crippen molar-refractivity contribution in [2.75, 3.05) is 0 Å². The molecule has 0 N–H and O–H groups in total. The first-order valence-corrected chi connectivity index (χ1v) is 19.2. The Morgan fingerprint density at radius 3 is 1.41 bits per heavy atom. The molecule has 10 aromatic carbocycles. The summed E-state index contributed by atoms with van der Waals surface area (Å²) in [6, 6.07) is 69.6. The monoisotopic (exact) mass is 712 g/mol. The Balaban J connectivity index is 1.27. The number of benzene rings is 10. The molecule has 0 unspecified atom stereocenters. The van der Waals surface area contributed by atoms with Crippen molar-refractivity contribution in [1.82, 2.24) is 0 Å². The van der Waals surface area contributed by atoms with Crippen molar-refractivity contribution in [3.05, 3.63) is 194 Å². The van der Waals surface area contributed by atoms with Gasteiger partial charge in [0.25, 0.3) is 0 Å². The fraction of sp³-hybridized carbons (Fsp3) is 0. The first-order chi connectivity index (χ1) is 27.8. The van der Waals surface area contributed by atoms with Gasteiger partial charge in [0.2, 0.25) is 0 Å². The first kappa shape index (κ1) is 31.0. The van der Waals surface area contributed by atoms with Crippen molar-refractivity contribution in [3.63, 3.8) is 0 Å². The Bertz CT molecular complexity index is 3470. The topological polar surface area (TPSA) is 26.3 Å². The number of fused-ring (bicyclic) bond motifs is 8. The molecule has 0 aliphatic rings. The van der Waals surface area contributed by atoms with Crippen LogP contribution in [0.4, 0.5) is 0 Å². The molecule has 0 radical (unpaired) electrons. The fourth-order valence-corrected chi connectivity index (χ4v) is 9.12. The molecule has 2 nitrogen and oxygen atoms in total. The summed E-state index contributed by atoms with van der Waals surface area (Å²) < 4.78 is 14.3. The standard InChI is InChI=1S/C54H32O2/c1-2-16-35(17-3-1)49-46-32-45-40-20-12-13-25-47(40)55-53(45)51(54(46)56-52(49)39-29-27-34-15-5-7-19-37(34)31-39)50-43-23-10-8-21-41(43)48(42-22-9-11-24-44(42)50)38-28-26-33-14-4-6-18-36(33)30-38/h1-32H. The van der Waals surface area contributed by atoms with E-state index >= 15 is 0 Å². The van der Waals surface area contributed by atoms with Crippen molar-refractivity contribution in [2.45, 2.75) is 0 Å². The molecule has 0 fully saturated rings. The lowest BCUT2D eigenvalue weighted by Crippen LogP contribution is -1.92. The predicted octanol–water partition coefficient (Wildman–Crippen LogP) is 15.6. The second-order valence-electron chi connectivity index (χ2n) is 14.7. The van der Waals surface area contributed by atoms with Gasteiger partial charge in [-0.15, -0.1) is 0 Å². The van der Waals surface area contributed by atoms with Crippen LogP contribution < -0.4 is 0 Å². The minimum Gasteiger partial charge on any atom is -0.455 e. The van der Waals surface area contributed by atoms with Crippen LogP contribution in [0.1, 0.15) is 0 Å². The highest BCUT2D eigenvalue weighted by molar-refractivity contribution is 6.29. The SMILES string of the molecule is c1ccc(-c2c(-c3ccc4ccccc4c3)oc3c(-c4c5ccccc5c(-c5ccc6ccccc6c5)c5ccccc45)c4oc5ccccc5c4cc23)cc1. The van der Waals surface area contributed by atoms with Crippen molar-refractivity contribution < 1.29 is 8.83 Å². The molecule has 0 amide bonds. The zero-order valence-electron chi connectivity index (χ0n) is 30.3. The second-order valence-corrected chi connectivity index (χ2v) is 14.7. The van der Waals surface area contributed by atoms with Gasteiger partial charge in [-0.05, 0) is 84.0 Å². The van der Waals surface area contributed by atoms with Crippen LogP contribution in [0.25, 0.3) is 121 Å². The van der Waals surface area contributed by atoms with E-state index < -0.39 is 0 Å². The predicted molar refractivity (Wildman–Crippen MR) is 235 cm³/mol. The Kier molecular flexibility index (Phi) is 6.66. The van der Waals surface area contributed by atoms with E-state index in [1.807, 2.05) is 6.07 Å². The Hall–Kier alpha value is -7.42. The Morgan fingerprint density at radius 1 is 0.250 bits per heavy atom. The highest BCUT2D eigenvalue weighted by Crippen LogP contribution is 2.53. The van der Waals surface area contributed by atoms with E-state index in [0.717, 1.165) is 77.3 Å². The summed E-state index contributed by atoms with van der Waals surface area (Å²) in [6.45, 7) is 0. The molecule has 2 aromatic heterocycles. The van der Waals surface area contributed by atoms with E-state index in [4.69, 9.17) is 8.83 Å². The Morgan fingerprint density at radius 2 is 0.750 bits per heavy atom. The number of furan rings is 2. The number of hydrogen-bond donors (Lipinski definition) is 0. The minimum absolute atomic E-state index is 0.812. The third kappa shape index (κ3) is 4.57. The summed E-state index contributed by atoms with van der Waals surface area (Å²) in [4.78, 5) is 0. The minimum atomic E-state index is 0.812. The largest absolute Gasteiger partial charge is 0.455 e. The van der Waals surface area contributed by atoms with E-state index in [0.29, 0.717) is 0 Å². The lowest BCUT2D eigenvalue weighted by Gasteiger charge is -2.18. The van der Waals surface area contributed by atoms with Crippen LogP contribution in [-0.2, 0) is 0 Å². The highest BCUT2D eigenvalue weighted by atomic mass is 16.3. The average Bonchev–Trinajstić information content (AvgIpc) is 3.83. The molecule has 0 spiro atoms. The van der Waals surface area contributed by atoms with Crippen LogP contribution in [0.5, 0.6) is 0 Å². The first-order valence-electron chi connectivity index (χ1n) is 19.2. The van der Waals surface area contributed by atoms with E-state index in [9.17, 15) is 0 Å². The van der Waals surface area contributed by atoms with Gasteiger partial charge in [0.15, 0.2) is 0 Å². The van der Waals surface area contributed by atoms with Gasteiger partial charge < -0.3 is 8.83 Å². The summed E-state index contributed by atoms with van der Waals surface area (Å²) in [5, 5.41) is 12.7.